The van der Waals surface area contributed by atoms with Crippen molar-refractivity contribution in [2.24, 2.45) is 5.73 Å². The molecule has 0 aliphatic carbocycles. The molecular weight excluding hydrogens is 232 g/mol. The maximum absolute atomic E-state index is 6.14. The highest BCUT2D eigenvalue weighted by molar-refractivity contribution is 6.32. The van der Waals surface area contributed by atoms with Crippen molar-refractivity contribution in [3.05, 3.63) is 40.0 Å². The zero-order valence-corrected chi connectivity index (χ0v) is 11.2. The van der Waals surface area contributed by atoms with Crippen molar-refractivity contribution in [2.45, 2.75) is 26.7 Å². The van der Waals surface area contributed by atoms with Crippen LogP contribution in [0.5, 0.6) is 0 Å². The van der Waals surface area contributed by atoms with E-state index in [1.54, 1.807) is 0 Å². The summed E-state index contributed by atoms with van der Waals surface area (Å²) in [7, 11) is 0. The second-order valence-corrected chi connectivity index (χ2v) is 4.98. The van der Waals surface area contributed by atoms with Crippen LogP contribution in [0.2, 0.25) is 5.02 Å². The molecule has 0 aliphatic heterocycles. The molecule has 1 aromatic heterocycles. The van der Waals surface area contributed by atoms with E-state index in [-0.39, 0.29) is 5.92 Å². The third-order valence-electron chi connectivity index (χ3n) is 3.25. The van der Waals surface area contributed by atoms with E-state index in [1.807, 2.05) is 19.1 Å². The molecule has 0 saturated carbocycles. The lowest BCUT2D eigenvalue weighted by Crippen LogP contribution is -2.11. The highest BCUT2D eigenvalue weighted by Gasteiger charge is 2.11. The molecule has 2 nitrogen and oxygen atoms in total. The lowest BCUT2D eigenvalue weighted by Gasteiger charge is -2.13. The summed E-state index contributed by atoms with van der Waals surface area (Å²) in [4.78, 5) is 4.70. The summed E-state index contributed by atoms with van der Waals surface area (Å²) in [6.45, 7) is 6.81. The van der Waals surface area contributed by atoms with E-state index in [0.717, 1.165) is 21.8 Å². The predicted molar refractivity (Wildman–Crippen MR) is 73.7 cm³/mol. The molecule has 1 aromatic carbocycles. The van der Waals surface area contributed by atoms with Gasteiger partial charge >= 0.3 is 0 Å². The molecular formula is C14H17ClN2. The fourth-order valence-corrected chi connectivity index (χ4v) is 2.12. The van der Waals surface area contributed by atoms with Crippen molar-refractivity contribution in [3.8, 4) is 0 Å². The molecule has 1 atom stereocenters. The Morgan fingerprint density at radius 1 is 1.35 bits per heavy atom. The molecule has 17 heavy (non-hydrogen) atoms. The number of nitrogens with zero attached hydrogens (tertiary/aromatic N) is 1. The first kappa shape index (κ1) is 12.3. The maximum atomic E-state index is 6.14. The van der Waals surface area contributed by atoms with E-state index >= 15 is 0 Å². The third kappa shape index (κ3) is 2.15. The Morgan fingerprint density at radius 3 is 2.71 bits per heavy atom. The van der Waals surface area contributed by atoms with Crippen LogP contribution in [0.15, 0.2) is 18.2 Å². The average molecular weight is 249 g/mol. The molecule has 90 valence electrons. The molecule has 0 radical (unpaired) electrons. The van der Waals surface area contributed by atoms with E-state index in [9.17, 15) is 0 Å². The molecule has 0 fully saturated rings. The maximum Gasteiger partial charge on any atom is 0.0752 e. The fraction of sp³-hybridized carbons (Fsp3) is 0.357. The van der Waals surface area contributed by atoms with Crippen LogP contribution in [-0.4, -0.2) is 11.5 Å². The van der Waals surface area contributed by atoms with Crippen molar-refractivity contribution in [1.29, 1.82) is 0 Å². The van der Waals surface area contributed by atoms with Gasteiger partial charge in [-0.2, -0.15) is 0 Å². The molecule has 2 aromatic rings. The van der Waals surface area contributed by atoms with Gasteiger partial charge in [0.1, 0.15) is 0 Å². The lowest BCUT2D eigenvalue weighted by molar-refractivity contribution is 0.748. The normalized spacial score (nSPS) is 13.0. The number of hydrogen-bond donors (Lipinski definition) is 1. The van der Waals surface area contributed by atoms with Crippen molar-refractivity contribution in [2.75, 3.05) is 6.54 Å². The van der Waals surface area contributed by atoms with Gasteiger partial charge in [0.15, 0.2) is 0 Å². The van der Waals surface area contributed by atoms with Crippen molar-refractivity contribution in [1.82, 2.24) is 4.98 Å². The number of aryl methyl sites for hydroxylation is 2. The van der Waals surface area contributed by atoms with Crippen LogP contribution in [0.1, 0.15) is 29.7 Å². The highest BCUT2D eigenvalue weighted by Crippen LogP contribution is 2.28. The highest BCUT2D eigenvalue weighted by atomic mass is 35.5. The molecule has 0 saturated heterocycles. The SMILES string of the molecule is Cc1cc(C(C)CN)nc2c(C)c(Cl)ccc12. The Kier molecular flexibility index (Phi) is 3.36. The van der Waals surface area contributed by atoms with Crippen LogP contribution in [0.25, 0.3) is 10.9 Å². The van der Waals surface area contributed by atoms with Gasteiger partial charge in [0, 0.05) is 28.6 Å². The molecule has 0 amide bonds. The zero-order valence-electron chi connectivity index (χ0n) is 10.4. The van der Waals surface area contributed by atoms with E-state index < -0.39 is 0 Å². The van der Waals surface area contributed by atoms with Gasteiger partial charge in [-0.05, 0) is 37.1 Å². The molecule has 1 heterocycles. The number of benzene rings is 1. The van der Waals surface area contributed by atoms with Gasteiger partial charge in [-0.25, -0.2) is 0 Å². The summed E-state index contributed by atoms with van der Waals surface area (Å²) in [5.41, 5.74) is 10.0. The Labute approximate surface area is 107 Å². The van der Waals surface area contributed by atoms with Crippen molar-refractivity contribution < 1.29 is 0 Å². The quantitative estimate of drug-likeness (QED) is 0.883. The van der Waals surface area contributed by atoms with Gasteiger partial charge in [-0.15, -0.1) is 0 Å². The van der Waals surface area contributed by atoms with Crippen LogP contribution < -0.4 is 5.73 Å². The molecule has 0 aliphatic rings. The van der Waals surface area contributed by atoms with Crippen molar-refractivity contribution in [3.63, 3.8) is 0 Å². The fourth-order valence-electron chi connectivity index (χ4n) is 1.97. The van der Waals surface area contributed by atoms with Gasteiger partial charge in [0.2, 0.25) is 0 Å². The Morgan fingerprint density at radius 2 is 2.06 bits per heavy atom. The topological polar surface area (TPSA) is 38.9 Å². The van der Waals surface area contributed by atoms with E-state index in [2.05, 4.69) is 19.9 Å². The number of fused-ring (bicyclic) bond motifs is 1. The summed E-state index contributed by atoms with van der Waals surface area (Å²) in [6.07, 6.45) is 0. The summed E-state index contributed by atoms with van der Waals surface area (Å²) in [5.74, 6) is 0.275. The monoisotopic (exact) mass is 248 g/mol. The summed E-state index contributed by atoms with van der Waals surface area (Å²) >= 11 is 6.14. The van der Waals surface area contributed by atoms with Crippen LogP contribution in [0.3, 0.4) is 0 Å². The average Bonchev–Trinajstić information content (AvgIpc) is 2.33. The number of hydrogen-bond acceptors (Lipinski definition) is 2. The smallest absolute Gasteiger partial charge is 0.0752 e. The third-order valence-corrected chi connectivity index (χ3v) is 3.66. The first-order valence-corrected chi connectivity index (χ1v) is 6.18. The lowest BCUT2D eigenvalue weighted by atomic mass is 10.0. The summed E-state index contributed by atoms with van der Waals surface area (Å²) in [6, 6.07) is 6.08. The number of aromatic nitrogens is 1. The van der Waals surface area contributed by atoms with E-state index in [1.165, 1.54) is 10.9 Å². The minimum atomic E-state index is 0.275. The molecule has 3 heteroatoms. The largest absolute Gasteiger partial charge is 0.330 e. The molecule has 0 spiro atoms. The Bertz CT molecular complexity index is 564. The van der Waals surface area contributed by atoms with Gasteiger partial charge < -0.3 is 5.73 Å². The minimum Gasteiger partial charge on any atom is -0.330 e. The molecule has 2 N–H and O–H groups in total. The Hall–Kier alpha value is -1.12. The van der Waals surface area contributed by atoms with Crippen LogP contribution in [0, 0.1) is 13.8 Å². The first-order chi connectivity index (χ1) is 8.04. The van der Waals surface area contributed by atoms with Crippen molar-refractivity contribution >= 4 is 22.5 Å². The second-order valence-electron chi connectivity index (χ2n) is 4.57. The summed E-state index contributed by atoms with van der Waals surface area (Å²) < 4.78 is 0. The zero-order chi connectivity index (χ0) is 12.6. The predicted octanol–water partition coefficient (Wildman–Crippen LogP) is 3.57. The van der Waals surface area contributed by atoms with E-state index in [0.29, 0.717) is 6.54 Å². The molecule has 0 bridgehead atoms. The Balaban J connectivity index is 2.74. The number of rotatable bonds is 2. The number of pyridine rings is 1. The van der Waals surface area contributed by atoms with Gasteiger partial charge in [-0.1, -0.05) is 24.6 Å². The van der Waals surface area contributed by atoms with Gasteiger partial charge in [-0.3, -0.25) is 4.98 Å². The van der Waals surface area contributed by atoms with Gasteiger partial charge in [0.05, 0.1) is 5.52 Å². The molecule has 1 unspecified atom stereocenters. The molecule has 2 rings (SSSR count). The summed E-state index contributed by atoms with van der Waals surface area (Å²) in [5, 5.41) is 1.93. The van der Waals surface area contributed by atoms with E-state index in [4.69, 9.17) is 22.3 Å². The second kappa shape index (κ2) is 4.63. The van der Waals surface area contributed by atoms with Crippen LogP contribution in [0.4, 0.5) is 0 Å². The van der Waals surface area contributed by atoms with Gasteiger partial charge in [0.25, 0.3) is 0 Å². The first-order valence-electron chi connectivity index (χ1n) is 5.81. The van der Waals surface area contributed by atoms with Crippen LogP contribution in [-0.2, 0) is 0 Å². The number of halogens is 1. The minimum absolute atomic E-state index is 0.275. The standard InChI is InChI=1S/C14H17ClN2/c1-8-6-13(9(2)7-16)17-14-10(3)12(15)5-4-11(8)14/h4-6,9H,7,16H2,1-3H3. The van der Waals surface area contributed by atoms with Crippen LogP contribution >= 0.6 is 11.6 Å². The number of nitrogens with two attached hydrogens (primary N) is 1.